The van der Waals surface area contributed by atoms with E-state index < -0.39 is 18.0 Å². The van der Waals surface area contributed by atoms with Crippen LogP contribution in [0.1, 0.15) is 0 Å². The van der Waals surface area contributed by atoms with Crippen molar-refractivity contribution in [3.05, 3.63) is 27.8 Å². The summed E-state index contributed by atoms with van der Waals surface area (Å²) in [7, 11) is 0. The first-order valence-corrected chi connectivity index (χ1v) is 4.69. The molecule has 0 unspecified atom stereocenters. The van der Waals surface area contributed by atoms with Crippen molar-refractivity contribution >= 4 is 22.6 Å². The lowest BCUT2D eigenvalue weighted by Gasteiger charge is -2.19. The highest BCUT2D eigenvalue weighted by molar-refractivity contribution is 14.1. The lowest BCUT2D eigenvalue weighted by atomic mass is 10.3. The Balaban J connectivity index is 2.82. The molecule has 0 radical (unpaired) electrons. The maximum Gasteiger partial charge on any atom is 0.499 e. The molecular weight excluding hydrogens is 334 g/mol. The standard InChI is InChI=1S/C8H4F5IO/c9-7(10,11)8(12,13)15-6-3-1-5(14)2-4-6/h1-4H. The van der Waals surface area contributed by atoms with Gasteiger partial charge < -0.3 is 4.74 Å². The molecule has 0 saturated carbocycles. The summed E-state index contributed by atoms with van der Waals surface area (Å²) >= 11 is 1.88. The van der Waals surface area contributed by atoms with Crippen LogP contribution in [0.3, 0.4) is 0 Å². The number of hydrogen-bond acceptors (Lipinski definition) is 1. The zero-order valence-electron chi connectivity index (χ0n) is 6.99. The largest absolute Gasteiger partial charge is 0.499 e. The molecule has 0 atom stereocenters. The second-order valence-electron chi connectivity index (χ2n) is 2.57. The summed E-state index contributed by atoms with van der Waals surface area (Å²) in [5.41, 5.74) is 0. The van der Waals surface area contributed by atoms with Gasteiger partial charge in [0, 0.05) is 3.57 Å². The summed E-state index contributed by atoms with van der Waals surface area (Å²) in [6.07, 6.45) is -10.9. The Hall–Kier alpha value is -0.600. The minimum atomic E-state index is -5.71. The Morgan fingerprint density at radius 3 is 1.80 bits per heavy atom. The van der Waals surface area contributed by atoms with E-state index >= 15 is 0 Å². The van der Waals surface area contributed by atoms with E-state index in [1.807, 2.05) is 22.6 Å². The molecule has 1 aromatic carbocycles. The third-order valence-electron chi connectivity index (χ3n) is 1.39. The Morgan fingerprint density at radius 2 is 1.40 bits per heavy atom. The van der Waals surface area contributed by atoms with Gasteiger partial charge in [0.25, 0.3) is 0 Å². The van der Waals surface area contributed by atoms with Crippen molar-refractivity contribution in [1.82, 2.24) is 0 Å². The molecule has 7 heteroatoms. The fraction of sp³-hybridized carbons (Fsp3) is 0.250. The van der Waals surface area contributed by atoms with Crippen LogP contribution in [0.25, 0.3) is 0 Å². The Bertz CT molecular complexity index is 332. The first-order valence-electron chi connectivity index (χ1n) is 3.61. The van der Waals surface area contributed by atoms with Gasteiger partial charge in [-0.25, -0.2) is 0 Å². The summed E-state index contributed by atoms with van der Waals surface area (Å²) in [4.78, 5) is 0. The normalized spacial score (nSPS) is 12.7. The van der Waals surface area contributed by atoms with Crippen molar-refractivity contribution in [3.63, 3.8) is 0 Å². The lowest BCUT2D eigenvalue weighted by molar-refractivity contribution is -0.360. The molecule has 1 nitrogen and oxygen atoms in total. The SMILES string of the molecule is FC(F)(F)C(F)(F)Oc1ccc(I)cc1. The van der Waals surface area contributed by atoms with Gasteiger partial charge in [-0.3, -0.25) is 0 Å². The molecule has 0 spiro atoms. The summed E-state index contributed by atoms with van der Waals surface area (Å²) in [5, 5.41) is 0. The number of benzene rings is 1. The first kappa shape index (κ1) is 12.5. The second kappa shape index (κ2) is 4.11. The van der Waals surface area contributed by atoms with Gasteiger partial charge in [0.15, 0.2) is 0 Å². The Labute approximate surface area is 95.4 Å². The van der Waals surface area contributed by atoms with Crippen molar-refractivity contribution in [3.8, 4) is 5.75 Å². The average Bonchev–Trinajstić information content (AvgIpc) is 2.06. The summed E-state index contributed by atoms with van der Waals surface area (Å²) in [6, 6.07) is 4.81. The average molecular weight is 338 g/mol. The minimum Gasteiger partial charge on any atom is -0.426 e. The van der Waals surface area contributed by atoms with Crippen LogP contribution in [0.4, 0.5) is 22.0 Å². The second-order valence-corrected chi connectivity index (χ2v) is 3.82. The van der Waals surface area contributed by atoms with Crippen LogP contribution in [0.15, 0.2) is 24.3 Å². The molecule has 0 bridgehead atoms. The molecule has 0 aliphatic heterocycles. The lowest BCUT2D eigenvalue weighted by Crippen LogP contribution is -2.41. The molecule has 15 heavy (non-hydrogen) atoms. The molecule has 0 saturated heterocycles. The van der Waals surface area contributed by atoms with Crippen molar-refractivity contribution < 1.29 is 26.7 Å². The molecule has 0 heterocycles. The van der Waals surface area contributed by atoms with E-state index in [4.69, 9.17) is 0 Å². The van der Waals surface area contributed by atoms with Gasteiger partial charge in [-0.2, -0.15) is 22.0 Å². The predicted octanol–water partition coefficient (Wildman–Crippen LogP) is 3.83. The van der Waals surface area contributed by atoms with E-state index in [-0.39, 0.29) is 0 Å². The maximum atomic E-state index is 12.4. The first-order chi connectivity index (χ1) is 6.72. The monoisotopic (exact) mass is 338 g/mol. The Morgan fingerprint density at radius 1 is 0.933 bits per heavy atom. The molecule has 0 N–H and O–H groups in total. The van der Waals surface area contributed by atoms with Crippen molar-refractivity contribution in [2.24, 2.45) is 0 Å². The summed E-state index contributed by atoms with van der Waals surface area (Å²) in [6.45, 7) is 0. The molecule has 0 aromatic heterocycles. The zero-order valence-corrected chi connectivity index (χ0v) is 9.14. The molecule has 0 fully saturated rings. The van der Waals surface area contributed by atoms with E-state index in [1.165, 1.54) is 12.1 Å². The van der Waals surface area contributed by atoms with E-state index in [2.05, 4.69) is 4.74 Å². The smallest absolute Gasteiger partial charge is 0.426 e. The Kier molecular flexibility index (Phi) is 3.41. The van der Waals surface area contributed by atoms with Gasteiger partial charge in [-0.1, -0.05) is 0 Å². The van der Waals surface area contributed by atoms with E-state index in [0.29, 0.717) is 3.57 Å². The third kappa shape index (κ3) is 3.18. The van der Waals surface area contributed by atoms with Crippen LogP contribution in [0, 0.1) is 3.57 Å². The molecule has 1 aromatic rings. The van der Waals surface area contributed by atoms with Gasteiger partial charge in [0.2, 0.25) is 0 Å². The summed E-state index contributed by atoms with van der Waals surface area (Å²) in [5.74, 6) is -0.530. The zero-order chi connectivity index (χ0) is 11.7. The highest BCUT2D eigenvalue weighted by atomic mass is 127. The van der Waals surface area contributed by atoms with Crippen LogP contribution in [-0.4, -0.2) is 12.3 Å². The van der Waals surface area contributed by atoms with Gasteiger partial charge in [0.05, 0.1) is 0 Å². The number of alkyl halides is 5. The highest BCUT2D eigenvalue weighted by Crippen LogP contribution is 2.37. The van der Waals surface area contributed by atoms with Crippen molar-refractivity contribution in [2.45, 2.75) is 12.3 Å². The minimum absolute atomic E-state index is 0.530. The maximum absolute atomic E-state index is 12.4. The summed E-state index contributed by atoms with van der Waals surface area (Å²) < 4.78 is 64.2. The number of hydrogen-bond donors (Lipinski definition) is 0. The van der Waals surface area contributed by atoms with E-state index in [0.717, 1.165) is 12.1 Å². The molecule has 1 rings (SSSR count). The molecular formula is C8H4F5IO. The predicted molar refractivity (Wildman–Crippen MR) is 50.8 cm³/mol. The van der Waals surface area contributed by atoms with Gasteiger partial charge in [0.1, 0.15) is 5.75 Å². The van der Waals surface area contributed by atoms with Gasteiger partial charge >= 0.3 is 12.3 Å². The fourth-order valence-corrected chi connectivity index (χ4v) is 1.07. The van der Waals surface area contributed by atoms with E-state index in [1.54, 1.807) is 0 Å². The van der Waals surface area contributed by atoms with Gasteiger partial charge in [-0.15, -0.1) is 0 Å². The molecule has 0 aliphatic carbocycles. The third-order valence-corrected chi connectivity index (χ3v) is 2.11. The van der Waals surface area contributed by atoms with Crippen LogP contribution >= 0.6 is 22.6 Å². The van der Waals surface area contributed by atoms with Crippen molar-refractivity contribution in [1.29, 1.82) is 0 Å². The van der Waals surface area contributed by atoms with Gasteiger partial charge in [-0.05, 0) is 46.9 Å². The van der Waals surface area contributed by atoms with Crippen LogP contribution < -0.4 is 4.74 Å². The van der Waals surface area contributed by atoms with Crippen LogP contribution in [0.2, 0.25) is 0 Å². The van der Waals surface area contributed by atoms with E-state index in [9.17, 15) is 22.0 Å². The number of rotatable bonds is 2. The molecule has 0 amide bonds. The van der Waals surface area contributed by atoms with Crippen LogP contribution in [0.5, 0.6) is 5.75 Å². The number of ether oxygens (including phenoxy) is 1. The highest BCUT2D eigenvalue weighted by Gasteiger charge is 2.61. The quantitative estimate of drug-likeness (QED) is 0.588. The van der Waals surface area contributed by atoms with Crippen molar-refractivity contribution in [2.75, 3.05) is 0 Å². The van der Waals surface area contributed by atoms with Crippen LogP contribution in [-0.2, 0) is 0 Å². The molecule has 0 aliphatic rings. The fourth-order valence-electron chi connectivity index (χ4n) is 0.709. The molecule has 84 valence electrons. The topological polar surface area (TPSA) is 9.23 Å². The number of halogens is 6.